The van der Waals surface area contributed by atoms with Gasteiger partial charge in [0.15, 0.2) is 0 Å². The fourth-order valence-electron chi connectivity index (χ4n) is 1.38. The molecular weight excluding hydrogens is 269 g/mol. The molecular formula is C13H11Cl2N3. The number of anilines is 1. The highest BCUT2D eigenvalue weighted by atomic mass is 35.5. The zero-order valence-electron chi connectivity index (χ0n) is 9.69. The number of nitrogens with zero attached hydrogens (tertiary/aromatic N) is 2. The smallest absolute Gasteiger partial charge is 0.0842 e. The summed E-state index contributed by atoms with van der Waals surface area (Å²) in [6, 6.07) is 9.15. The minimum atomic E-state index is 0.460. The van der Waals surface area contributed by atoms with E-state index in [1.165, 1.54) is 0 Å². The van der Waals surface area contributed by atoms with Gasteiger partial charge in [0.05, 0.1) is 21.4 Å². The second-order valence-corrected chi connectivity index (χ2v) is 4.44. The van der Waals surface area contributed by atoms with Crippen molar-refractivity contribution in [2.75, 3.05) is 5.43 Å². The van der Waals surface area contributed by atoms with Gasteiger partial charge in [-0.1, -0.05) is 35.3 Å². The monoisotopic (exact) mass is 279 g/mol. The Bertz CT molecular complexity index is 568. The van der Waals surface area contributed by atoms with Crippen molar-refractivity contribution in [3.8, 4) is 0 Å². The van der Waals surface area contributed by atoms with E-state index in [0.29, 0.717) is 15.7 Å². The van der Waals surface area contributed by atoms with Crippen molar-refractivity contribution in [1.29, 1.82) is 0 Å². The van der Waals surface area contributed by atoms with Crippen LogP contribution in [0.1, 0.15) is 12.5 Å². The van der Waals surface area contributed by atoms with Crippen LogP contribution in [0.25, 0.3) is 0 Å². The molecule has 2 aromatic rings. The summed E-state index contributed by atoms with van der Waals surface area (Å²) in [6.07, 6.45) is 3.47. The van der Waals surface area contributed by atoms with Gasteiger partial charge in [-0.2, -0.15) is 5.10 Å². The number of nitrogens with one attached hydrogen (secondary N) is 1. The molecule has 0 radical (unpaired) electrons. The molecule has 0 amide bonds. The van der Waals surface area contributed by atoms with Crippen LogP contribution in [0.2, 0.25) is 10.0 Å². The number of pyridine rings is 1. The summed E-state index contributed by atoms with van der Waals surface area (Å²) >= 11 is 12.0. The van der Waals surface area contributed by atoms with Gasteiger partial charge in [-0.05, 0) is 25.1 Å². The third-order valence-corrected chi connectivity index (χ3v) is 3.19. The van der Waals surface area contributed by atoms with Crippen LogP contribution in [0.15, 0.2) is 47.8 Å². The van der Waals surface area contributed by atoms with Gasteiger partial charge in [0.25, 0.3) is 0 Å². The number of hydrogen-bond acceptors (Lipinski definition) is 3. The third-order valence-electron chi connectivity index (χ3n) is 2.37. The molecule has 3 nitrogen and oxygen atoms in total. The highest BCUT2D eigenvalue weighted by molar-refractivity contribution is 6.43. The molecule has 1 heterocycles. The van der Waals surface area contributed by atoms with E-state index in [-0.39, 0.29) is 0 Å². The quantitative estimate of drug-likeness (QED) is 0.675. The van der Waals surface area contributed by atoms with Gasteiger partial charge in [-0.25, -0.2) is 0 Å². The van der Waals surface area contributed by atoms with Crippen molar-refractivity contribution in [2.45, 2.75) is 6.92 Å². The third kappa shape index (κ3) is 3.00. The van der Waals surface area contributed by atoms with Crippen molar-refractivity contribution >= 4 is 34.6 Å². The molecule has 0 saturated heterocycles. The lowest BCUT2D eigenvalue weighted by Crippen LogP contribution is -2.00. The molecule has 92 valence electrons. The number of hydrazone groups is 1. The Hall–Kier alpha value is -1.58. The first kappa shape index (κ1) is 12.9. The number of halogens is 2. The first-order valence-corrected chi connectivity index (χ1v) is 6.09. The summed E-state index contributed by atoms with van der Waals surface area (Å²) in [4.78, 5) is 4.04. The Morgan fingerprint density at radius 1 is 1.22 bits per heavy atom. The Labute approximate surface area is 115 Å². The average Bonchev–Trinajstić information content (AvgIpc) is 2.41. The molecule has 0 spiro atoms. The predicted octanol–water partition coefficient (Wildman–Crippen LogP) is 4.22. The largest absolute Gasteiger partial charge is 0.277 e. The lowest BCUT2D eigenvalue weighted by atomic mass is 10.2. The maximum Gasteiger partial charge on any atom is 0.0842 e. The van der Waals surface area contributed by atoms with Crippen LogP contribution in [-0.4, -0.2) is 10.7 Å². The fraction of sp³-hybridized carbons (Fsp3) is 0.0769. The second kappa shape index (κ2) is 5.85. The first-order chi connectivity index (χ1) is 8.68. The summed E-state index contributed by atoms with van der Waals surface area (Å²) in [7, 11) is 0. The van der Waals surface area contributed by atoms with E-state index in [4.69, 9.17) is 23.2 Å². The van der Waals surface area contributed by atoms with Gasteiger partial charge in [0, 0.05) is 18.0 Å². The van der Waals surface area contributed by atoms with Crippen molar-refractivity contribution in [2.24, 2.45) is 5.10 Å². The van der Waals surface area contributed by atoms with Crippen molar-refractivity contribution in [3.05, 3.63) is 58.3 Å². The summed E-state index contributed by atoms with van der Waals surface area (Å²) in [5, 5.41) is 5.21. The molecule has 0 aliphatic rings. The van der Waals surface area contributed by atoms with Crippen LogP contribution >= 0.6 is 23.2 Å². The molecule has 0 aliphatic heterocycles. The Morgan fingerprint density at radius 3 is 2.78 bits per heavy atom. The maximum atomic E-state index is 6.05. The topological polar surface area (TPSA) is 37.3 Å². The zero-order chi connectivity index (χ0) is 13.0. The molecule has 0 atom stereocenters. The van der Waals surface area contributed by atoms with Gasteiger partial charge in [-0.3, -0.25) is 10.4 Å². The molecule has 0 fully saturated rings. The van der Waals surface area contributed by atoms with E-state index < -0.39 is 0 Å². The van der Waals surface area contributed by atoms with Crippen molar-refractivity contribution in [3.63, 3.8) is 0 Å². The zero-order valence-corrected chi connectivity index (χ0v) is 11.2. The molecule has 1 N–H and O–H groups in total. The molecule has 0 aliphatic carbocycles. The molecule has 0 bridgehead atoms. The summed E-state index contributed by atoms with van der Waals surface area (Å²) < 4.78 is 0. The van der Waals surface area contributed by atoms with E-state index in [9.17, 15) is 0 Å². The van der Waals surface area contributed by atoms with Crippen molar-refractivity contribution in [1.82, 2.24) is 4.98 Å². The second-order valence-electron chi connectivity index (χ2n) is 3.65. The van der Waals surface area contributed by atoms with Crippen LogP contribution in [0.3, 0.4) is 0 Å². The molecule has 18 heavy (non-hydrogen) atoms. The van der Waals surface area contributed by atoms with Gasteiger partial charge in [0.2, 0.25) is 0 Å². The van der Waals surface area contributed by atoms with E-state index in [0.717, 1.165) is 11.3 Å². The van der Waals surface area contributed by atoms with Crippen LogP contribution in [0.4, 0.5) is 5.69 Å². The summed E-state index contributed by atoms with van der Waals surface area (Å²) in [6.45, 7) is 1.89. The van der Waals surface area contributed by atoms with Gasteiger partial charge in [-0.15, -0.1) is 0 Å². The Morgan fingerprint density at radius 2 is 2.06 bits per heavy atom. The lowest BCUT2D eigenvalue weighted by molar-refractivity contribution is 1.28. The van der Waals surface area contributed by atoms with E-state index in [1.54, 1.807) is 18.5 Å². The average molecular weight is 280 g/mol. The van der Waals surface area contributed by atoms with Crippen LogP contribution in [0.5, 0.6) is 0 Å². The van der Waals surface area contributed by atoms with Gasteiger partial charge >= 0.3 is 0 Å². The molecule has 5 heteroatoms. The van der Waals surface area contributed by atoms with Crippen LogP contribution < -0.4 is 5.43 Å². The van der Waals surface area contributed by atoms with Gasteiger partial charge < -0.3 is 0 Å². The number of aromatic nitrogens is 1. The number of benzene rings is 1. The predicted molar refractivity (Wildman–Crippen MR) is 76.5 cm³/mol. The summed E-state index contributed by atoms with van der Waals surface area (Å²) in [5.74, 6) is 0. The van der Waals surface area contributed by atoms with Crippen molar-refractivity contribution < 1.29 is 0 Å². The molecule has 2 rings (SSSR count). The molecule has 0 saturated carbocycles. The van der Waals surface area contributed by atoms with E-state index in [1.807, 2.05) is 31.2 Å². The van der Waals surface area contributed by atoms with Crippen LogP contribution in [0, 0.1) is 0 Å². The minimum Gasteiger partial charge on any atom is -0.277 e. The molecule has 1 aromatic heterocycles. The Kier molecular flexibility index (Phi) is 4.18. The SMILES string of the molecule is C/C(=N\Nc1cccc(Cl)c1Cl)c1cccnc1. The number of hydrogen-bond donors (Lipinski definition) is 1. The minimum absolute atomic E-state index is 0.460. The summed E-state index contributed by atoms with van der Waals surface area (Å²) in [5.41, 5.74) is 5.34. The van der Waals surface area contributed by atoms with E-state index in [2.05, 4.69) is 15.5 Å². The standard InChI is InChI=1S/C13H11Cl2N3/c1-9(10-4-3-7-16-8-10)17-18-12-6-2-5-11(14)13(12)15/h2-8,18H,1H3/b17-9+. The highest BCUT2D eigenvalue weighted by Gasteiger charge is 2.03. The Balaban J connectivity index is 2.18. The maximum absolute atomic E-state index is 6.05. The fourth-order valence-corrected chi connectivity index (χ4v) is 1.72. The highest BCUT2D eigenvalue weighted by Crippen LogP contribution is 2.29. The normalized spacial score (nSPS) is 11.4. The van der Waals surface area contributed by atoms with E-state index >= 15 is 0 Å². The molecule has 0 unspecified atom stereocenters. The number of rotatable bonds is 3. The van der Waals surface area contributed by atoms with Crippen LogP contribution in [-0.2, 0) is 0 Å². The first-order valence-electron chi connectivity index (χ1n) is 5.33. The van der Waals surface area contributed by atoms with Gasteiger partial charge in [0.1, 0.15) is 0 Å². The lowest BCUT2D eigenvalue weighted by Gasteiger charge is -2.06. The molecule has 1 aromatic carbocycles.